The first-order valence-electron chi connectivity index (χ1n) is 12.2. The number of carbonyl (C=O) groups excluding carboxylic acids is 2. The lowest BCUT2D eigenvalue weighted by molar-refractivity contribution is -0.114. The molecule has 0 saturated carbocycles. The van der Waals surface area contributed by atoms with E-state index in [1.54, 1.807) is 48.5 Å². The van der Waals surface area contributed by atoms with Crippen LogP contribution < -0.4 is 14.9 Å². The van der Waals surface area contributed by atoms with Crippen LogP contribution in [-0.4, -0.2) is 26.8 Å². The predicted molar refractivity (Wildman–Crippen MR) is 150 cm³/mol. The zero-order valence-corrected chi connectivity index (χ0v) is 22.3. The maximum Gasteiger partial charge on any atom is 0.264 e. The highest BCUT2D eigenvalue weighted by molar-refractivity contribution is 7.92. The molecule has 0 bridgehead atoms. The first-order valence-corrected chi connectivity index (χ1v) is 13.7. The summed E-state index contributed by atoms with van der Waals surface area (Å²) in [6.45, 7) is 3.14. The zero-order chi connectivity index (χ0) is 28.0. The third kappa shape index (κ3) is 6.69. The highest BCUT2D eigenvalue weighted by atomic mass is 32.2. The van der Waals surface area contributed by atoms with E-state index in [2.05, 4.69) is 10.6 Å². The van der Waals surface area contributed by atoms with Gasteiger partial charge in [0.15, 0.2) is 0 Å². The minimum absolute atomic E-state index is 0.160. The second-order valence-electron chi connectivity index (χ2n) is 9.00. The van der Waals surface area contributed by atoms with Crippen LogP contribution in [0, 0.1) is 12.7 Å². The van der Waals surface area contributed by atoms with Crippen LogP contribution in [0.15, 0.2) is 108 Å². The summed E-state index contributed by atoms with van der Waals surface area (Å²) >= 11 is 0. The Balaban J connectivity index is 1.57. The third-order valence-corrected chi connectivity index (χ3v) is 7.89. The number of hydrogen-bond acceptors (Lipinski definition) is 4. The molecule has 0 aromatic heterocycles. The lowest BCUT2D eigenvalue weighted by Gasteiger charge is -2.24. The van der Waals surface area contributed by atoms with Crippen molar-refractivity contribution in [2.75, 3.05) is 16.2 Å². The predicted octanol–water partition coefficient (Wildman–Crippen LogP) is 5.46. The van der Waals surface area contributed by atoms with Crippen molar-refractivity contribution in [1.29, 1.82) is 0 Å². The number of hydrogen-bond donors (Lipinski definition) is 2. The largest absolute Gasteiger partial charge is 0.345 e. The lowest BCUT2D eigenvalue weighted by Crippen LogP contribution is -2.38. The molecule has 4 rings (SSSR count). The third-order valence-electron chi connectivity index (χ3n) is 6.10. The first kappa shape index (κ1) is 27.5. The molecule has 0 aliphatic carbocycles. The van der Waals surface area contributed by atoms with Gasteiger partial charge in [-0.1, -0.05) is 60.2 Å². The molecule has 0 aliphatic rings. The minimum Gasteiger partial charge on any atom is -0.345 e. The van der Waals surface area contributed by atoms with Crippen molar-refractivity contribution >= 4 is 33.2 Å². The van der Waals surface area contributed by atoms with E-state index in [4.69, 9.17) is 0 Å². The number of nitrogens with one attached hydrogen (secondary N) is 2. The van der Waals surface area contributed by atoms with Crippen molar-refractivity contribution in [3.63, 3.8) is 0 Å². The van der Waals surface area contributed by atoms with Crippen molar-refractivity contribution in [1.82, 2.24) is 5.32 Å². The van der Waals surface area contributed by atoms with Crippen molar-refractivity contribution in [3.8, 4) is 0 Å². The van der Waals surface area contributed by atoms with Crippen LogP contribution in [0.4, 0.5) is 15.8 Å². The Morgan fingerprint density at radius 2 is 1.46 bits per heavy atom. The first-order chi connectivity index (χ1) is 18.6. The van der Waals surface area contributed by atoms with Crippen LogP contribution in [0.5, 0.6) is 0 Å². The number of sulfonamides is 1. The van der Waals surface area contributed by atoms with E-state index in [-0.39, 0.29) is 27.9 Å². The van der Waals surface area contributed by atoms with Gasteiger partial charge in [0, 0.05) is 0 Å². The Hall–Kier alpha value is -4.50. The average Bonchev–Trinajstić information content (AvgIpc) is 2.93. The van der Waals surface area contributed by atoms with Crippen molar-refractivity contribution in [3.05, 3.63) is 126 Å². The fourth-order valence-corrected chi connectivity index (χ4v) is 5.39. The Morgan fingerprint density at radius 3 is 2.13 bits per heavy atom. The number of aryl methyl sites for hydroxylation is 1. The summed E-state index contributed by atoms with van der Waals surface area (Å²) in [5, 5.41) is 5.60. The van der Waals surface area contributed by atoms with Crippen LogP contribution in [0.2, 0.25) is 0 Å². The summed E-state index contributed by atoms with van der Waals surface area (Å²) < 4.78 is 41.4. The Labute approximate surface area is 227 Å². The summed E-state index contributed by atoms with van der Waals surface area (Å²) in [5.41, 5.74) is 2.57. The van der Waals surface area contributed by atoms with Crippen LogP contribution in [-0.2, 0) is 14.8 Å². The van der Waals surface area contributed by atoms with Crippen LogP contribution in [0.3, 0.4) is 0 Å². The number of halogens is 1. The van der Waals surface area contributed by atoms with Gasteiger partial charge in [0.05, 0.1) is 27.9 Å². The van der Waals surface area contributed by atoms with E-state index in [1.807, 2.05) is 44.2 Å². The molecular weight excluding hydrogens is 517 g/mol. The zero-order valence-electron chi connectivity index (χ0n) is 21.5. The summed E-state index contributed by atoms with van der Waals surface area (Å²) in [5.74, 6) is -1.63. The minimum atomic E-state index is -4.22. The molecule has 200 valence electrons. The molecule has 4 aromatic rings. The molecular formula is C30H28FN3O4S. The fourth-order valence-electron chi connectivity index (χ4n) is 3.97. The molecule has 39 heavy (non-hydrogen) atoms. The monoisotopic (exact) mass is 545 g/mol. The molecule has 2 N–H and O–H groups in total. The molecule has 0 unspecified atom stereocenters. The van der Waals surface area contributed by atoms with Crippen molar-refractivity contribution < 1.29 is 22.4 Å². The summed E-state index contributed by atoms with van der Waals surface area (Å²) in [6.07, 6.45) is 0. The van der Waals surface area contributed by atoms with E-state index in [9.17, 15) is 22.4 Å². The highest BCUT2D eigenvalue weighted by Crippen LogP contribution is 2.25. The van der Waals surface area contributed by atoms with Gasteiger partial charge in [0.2, 0.25) is 5.91 Å². The molecule has 0 spiro atoms. The Kier molecular flexibility index (Phi) is 8.41. The fraction of sp³-hybridized carbons (Fsp3) is 0.133. The molecule has 0 radical (unpaired) electrons. The van der Waals surface area contributed by atoms with Crippen LogP contribution in [0.1, 0.15) is 34.5 Å². The smallest absolute Gasteiger partial charge is 0.264 e. The molecule has 0 aliphatic heterocycles. The second-order valence-corrected chi connectivity index (χ2v) is 10.9. The maximum absolute atomic E-state index is 13.5. The second kappa shape index (κ2) is 11.9. The summed E-state index contributed by atoms with van der Waals surface area (Å²) in [6, 6.07) is 26.7. The van der Waals surface area contributed by atoms with Crippen molar-refractivity contribution in [2.24, 2.45) is 0 Å². The average molecular weight is 546 g/mol. The van der Waals surface area contributed by atoms with Gasteiger partial charge in [-0.2, -0.15) is 0 Å². The van der Waals surface area contributed by atoms with Gasteiger partial charge in [-0.15, -0.1) is 0 Å². The number of nitrogens with zero attached hydrogens (tertiary/aromatic N) is 1. The molecule has 1 atom stereocenters. The van der Waals surface area contributed by atoms with Gasteiger partial charge in [0.25, 0.3) is 15.9 Å². The number of anilines is 2. The van der Waals surface area contributed by atoms with Gasteiger partial charge < -0.3 is 10.6 Å². The standard InChI is InChI=1S/C30H28FN3O4S/c1-21-12-16-25(17-13-21)34(39(37,38)26-18-14-24(31)15-19-26)20-29(35)33-28-11-7-6-10-27(28)30(36)32-22(2)23-8-4-3-5-9-23/h3-19,22H,20H2,1-2H3,(H,32,36)(H,33,35)/t22-/m0/s1. The van der Waals surface area contributed by atoms with Gasteiger partial charge in [0.1, 0.15) is 12.4 Å². The quantitative estimate of drug-likeness (QED) is 0.292. The molecule has 0 saturated heterocycles. The topological polar surface area (TPSA) is 95.6 Å². The maximum atomic E-state index is 13.5. The molecule has 2 amide bonds. The van der Waals surface area contributed by atoms with E-state index in [1.165, 1.54) is 0 Å². The van der Waals surface area contributed by atoms with Crippen molar-refractivity contribution in [2.45, 2.75) is 24.8 Å². The van der Waals surface area contributed by atoms with Crippen LogP contribution >= 0.6 is 0 Å². The molecule has 4 aromatic carbocycles. The van der Waals surface area contributed by atoms with Gasteiger partial charge in [-0.05, 0) is 67.9 Å². The summed E-state index contributed by atoms with van der Waals surface area (Å²) in [7, 11) is -4.22. The number of rotatable bonds is 9. The van der Waals surface area contributed by atoms with Gasteiger partial charge in [-0.25, -0.2) is 12.8 Å². The number of benzene rings is 4. The highest BCUT2D eigenvalue weighted by Gasteiger charge is 2.28. The number of carbonyl (C=O) groups is 2. The van der Waals surface area contributed by atoms with Crippen LogP contribution in [0.25, 0.3) is 0 Å². The van der Waals surface area contributed by atoms with E-state index in [0.717, 1.165) is 39.7 Å². The SMILES string of the molecule is Cc1ccc(N(CC(=O)Nc2ccccc2C(=O)N[C@@H](C)c2ccccc2)S(=O)(=O)c2ccc(F)cc2)cc1. The Morgan fingerprint density at radius 1 is 0.846 bits per heavy atom. The van der Waals surface area contributed by atoms with E-state index >= 15 is 0 Å². The number of amides is 2. The summed E-state index contributed by atoms with van der Waals surface area (Å²) in [4.78, 5) is 26.1. The molecule has 0 heterocycles. The van der Waals surface area contributed by atoms with Gasteiger partial charge >= 0.3 is 0 Å². The lowest BCUT2D eigenvalue weighted by atomic mass is 10.1. The Bertz CT molecular complexity index is 1560. The molecule has 7 nitrogen and oxygen atoms in total. The normalized spacial score (nSPS) is 11.9. The van der Waals surface area contributed by atoms with E-state index < -0.39 is 34.2 Å². The van der Waals surface area contributed by atoms with Gasteiger partial charge in [-0.3, -0.25) is 13.9 Å². The van der Waals surface area contributed by atoms with E-state index in [0.29, 0.717) is 0 Å². The molecule has 9 heteroatoms. The number of para-hydroxylation sites is 1. The molecule has 0 fully saturated rings.